The molecule has 0 aliphatic rings. The summed E-state index contributed by atoms with van der Waals surface area (Å²) in [5.41, 5.74) is 5.63. The Bertz CT molecular complexity index is 98.5. The summed E-state index contributed by atoms with van der Waals surface area (Å²) in [7, 11) is 0. The van der Waals surface area contributed by atoms with Crippen LogP contribution in [0.25, 0.3) is 0 Å². The fraction of sp³-hybridized carbons (Fsp3) is 1.00. The first kappa shape index (κ1) is 11.9. The first-order chi connectivity index (χ1) is 5.70. The Labute approximate surface area is 75.3 Å². The molecule has 0 heterocycles. The van der Waals surface area contributed by atoms with E-state index in [2.05, 4.69) is 12.2 Å². The highest BCUT2D eigenvalue weighted by Gasteiger charge is 2.04. The van der Waals surface area contributed by atoms with Gasteiger partial charge in [0.25, 0.3) is 0 Å². The van der Waals surface area contributed by atoms with Gasteiger partial charge in [-0.15, -0.1) is 0 Å². The van der Waals surface area contributed by atoms with Crippen LogP contribution in [0.3, 0.4) is 0 Å². The SMILES string of the molecule is CCCCC(O)CNC(N)CC. The number of nitrogens with two attached hydrogens (primary N) is 1. The van der Waals surface area contributed by atoms with Crippen LogP contribution < -0.4 is 11.1 Å². The molecule has 2 atom stereocenters. The number of aliphatic hydroxyl groups excluding tert-OH is 1. The van der Waals surface area contributed by atoms with Gasteiger partial charge in [-0.1, -0.05) is 26.7 Å². The third-order valence-corrected chi connectivity index (χ3v) is 1.95. The molecule has 74 valence electrons. The average molecular weight is 174 g/mol. The van der Waals surface area contributed by atoms with Gasteiger partial charge in [0.1, 0.15) is 0 Å². The van der Waals surface area contributed by atoms with E-state index in [1.807, 2.05) is 6.92 Å². The third-order valence-electron chi connectivity index (χ3n) is 1.95. The lowest BCUT2D eigenvalue weighted by molar-refractivity contribution is 0.154. The lowest BCUT2D eigenvalue weighted by Crippen LogP contribution is -2.41. The van der Waals surface area contributed by atoms with Crippen LogP contribution in [0.1, 0.15) is 39.5 Å². The minimum Gasteiger partial charge on any atom is -0.392 e. The molecule has 0 aromatic carbocycles. The van der Waals surface area contributed by atoms with E-state index in [1.165, 1.54) is 0 Å². The smallest absolute Gasteiger partial charge is 0.0665 e. The van der Waals surface area contributed by atoms with E-state index >= 15 is 0 Å². The van der Waals surface area contributed by atoms with Crippen molar-refractivity contribution in [3.05, 3.63) is 0 Å². The van der Waals surface area contributed by atoms with Crippen molar-refractivity contribution in [2.45, 2.75) is 51.8 Å². The summed E-state index contributed by atoms with van der Waals surface area (Å²) in [5.74, 6) is 0. The Morgan fingerprint density at radius 1 is 1.42 bits per heavy atom. The summed E-state index contributed by atoms with van der Waals surface area (Å²) in [5, 5.41) is 12.5. The van der Waals surface area contributed by atoms with Crippen LogP contribution in [0.2, 0.25) is 0 Å². The highest BCUT2D eigenvalue weighted by atomic mass is 16.3. The molecule has 2 unspecified atom stereocenters. The largest absolute Gasteiger partial charge is 0.392 e. The molecule has 0 aliphatic carbocycles. The van der Waals surface area contributed by atoms with E-state index < -0.39 is 0 Å². The summed E-state index contributed by atoms with van der Waals surface area (Å²) in [6.45, 7) is 4.77. The maximum Gasteiger partial charge on any atom is 0.0665 e. The molecule has 0 bridgehead atoms. The average Bonchev–Trinajstić information content (AvgIpc) is 2.10. The van der Waals surface area contributed by atoms with Gasteiger partial charge in [-0.2, -0.15) is 0 Å². The van der Waals surface area contributed by atoms with Gasteiger partial charge >= 0.3 is 0 Å². The molecule has 4 N–H and O–H groups in total. The lowest BCUT2D eigenvalue weighted by Gasteiger charge is -2.15. The van der Waals surface area contributed by atoms with Crippen molar-refractivity contribution < 1.29 is 5.11 Å². The molecule has 3 nitrogen and oxygen atoms in total. The van der Waals surface area contributed by atoms with Gasteiger partial charge in [0.05, 0.1) is 12.3 Å². The van der Waals surface area contributed by atoms with E-state index in [0.717, 1.165) is 25.7 Å². The highest BCUT2D eigenvalue weighted by Crippen LogP contribution is 1.98. The number of hydrogen-bond donors (Lipinski definition) is 3. The summed E-state index contributed by atoms with van der Waals surface area (Å²) >= 11 is 0. The van der Waals surface area contributed by atoms with E-state index in [-0.39, 0.29) is 12.3 Å². The Morgan fingerprint density at radius 3 is 2.58 bits per heavy atom. The zero-order valence-corrected chi connectivity index (χ0v) is 8.21. The van der Waals surface area contributed by atoms with E-state index in [0.29, 0.717) is 6.54 Å². The van der Waals surface area contributed by atoms with Gasteiger partial charge in [0.2, 0.25) is 0 Å². The number of nitrogens with one attached hydrogen (secondary N) is 1. The van der Waals surface area contributed by atoms with Gasteiger partial charge in [-0.05, 0) is 12.8 Å². The molecular formula is C9H22N2O. The number of unbranched alkanes of at least 4 members (excludes halogenated alkanes) is 1. The number of aliphatic hydroxyl groups is 1. The second-order valence-electron chi connectivity index (χ2n) is 3.22. The van der Waals surface area contributed by atoms with Crippen molar-refractivity contribution in [3.8, 4) is 0 Å². The Kier molecular flexibility index (Phi) is 7.45. The maximum absolute atomic E-state index is 9.41. The van der Waals surface area contributed by atoms with E-state index in [9.17, 15) is 5.11 Å². The fourth-order valence-electron chi connectivity index (χ4n) is 0.974. The molecule has 0 saturated carbocycles. The molecule has 0 fully saturated rings. The zero-order valence-electron chi connectivity index (χ0n) is 8.21. The molecule has 12 heavy (non-hydrogen) atoms. The van der Waals surface area contributed by atoms with Crippen molar-refractivity contribution in [1.29, 1.82) is 0 Å². The van der Waals surface area contributed by atoms with Gasteiger partial charge in [0.15, 0.2) is 0 Å². The topological polar surface area (TPSA) is 58.3 Å². The Morgan fingerprint density at radius 2 is 2.08 bits per heavy atom. The van der Waals surface area contributed by atoms with Crippen LogP contribution in [-0.2, 0) is 0 Å². The molecule has 0 spiro atoms. The second kappa shape index (κ2) is 7.53. The first-order valence-corrected chi connectivity index (χ1v) is 4.87. The van der Waals surface area contributed by atoms with Crippen LogP contribution in [0.5, 0.6) is 0 Å². The van der Waals surface area contributed by atoms with Crippen LogP contribution in [0.4, 0.5) is 0 Å². The maximum atomic E-state index is 9.41. The summed E-state index contributed by atoms with van der Waals surface area (Å²) in [4.78, 5) is 0. The lowest BCUT2D eigenvalue weighted by atomic mass is 10.1. The quantitative estimate of drug-likeness (QED) is 0.501. The number of hydrogen-bond acceptors (Lipinski definition) is 3. The zero-order chi connectivity index (χ0) is 9.40. The van der Waals surface area contributed by atoms with Gasteiger partial charge in [-0.25, -0.2) is 0 Å². The van der Waals surface area contributed by atoms with Crippen molar-refractivity contribution in [2.75, 3.05) is 6.54 Å². The summed E-state index contributed by atoms with van der Waals surface area (Å²) < 4.78 is 0. The molecule has 3 heteroatoms. The minimum absolute atomic E-state index is 0.0290. The van der Waals surface area contributed by atoms with Crippen molar-refractivity contribution in [3.63, 3.8) is 0 Å². The van der Waals surface area contributed by atoms with Crippen LogP contribution in [0, 0.1) is 0 Å². The number of rotatable bonds is 7. The molecule has 0 saturated heterocycles. The summed E-state index contributed by atoms with van der Waals surface area (Å²) in [6, 6.07) is 0. The monoisotopic (exact) mass is 174 g/mol. The second-order valence-corrected chi connectivity index (χ2v) is 3.22. The van der Waals surface area contributed by atoms with Crippen molar-refractivity contribution in [2.24, 2.45) is 5.73 Å². The third kappa shape index (κ3) is 6.58. The summed E-state index contributed by atoms with van der Waals surface area (Å²) in [6.07, 6.45) is 3.80. The predicted octanol–water partition coefficient (Wildman–Crippen LogP) is 0.822. The Balaban J connectivity index is 3.24. The predicted molar refractivity (Wildman–Crippen MR) is 51.8 cm³/mol. The van der Waals surface area contributed by atoms with Gasteiger partial charge in [0, 0.05) is 6.54 Å². The standard InChI is InChI=1S/C9H22N2O/c1-3-5-6-8(12)7-11-9(10)4-2/h8-9,11-12H,3-7,10H2,1-2H3. The van der Waals surface area contributed by atoms with Crippen LogP contribution in [0.15, 0.2) is 0 Å². The molecule has 0 aliphatic heterocycles. The van der Waals surface area contributed by atoms with E-state index in [4.69, 9.17) is 5.73 Å². The fourth-order valence-corrected chi connectivity index (χ4v) is 0.974. The van der Waals surface area contributed by atoms with E-state index in [1.54, 1.807) is 0 Å². The van der Waals surface area contributed by atoms with Crippen molar-refractivity contribution >= 4 is 0 Å². The van der Waals surface area contributed by atoms with Gasteiger partial charge in [-0.3, -0.25) is 5.32 Å². The Hall–Kier alpha value is -0.120. The molecule has 0 amide bonds. The van der Waals surface area contributed by atoms with Crippen LogP contribution >= 0.6 is 0 Å². The van der Waals surface area contributed by atoms with Gasteiger partial charge < -0.3 is 10.8 Å². The van der Waals surface area contributed by atoms with Crippen molar-refractivity contribution in [1.82, 2.24) is 5.32 Å². The highest BCUT2D eigenvalue weighted by molar-refractivity contribution is 4.62. The first-order valence-electron chi connectivity index (χ1n) is 4.87. The normalized spacial score (nSPS) is 16.0. The molecular weight excluding hydrogens is 152 g/mol. The molecule has 0 radical (unpaired) electrons. The molecule has 0 aromatic heterocycles. The molecule has 0 rings (SSSR count). The van der Waals surface area contributed by atoms with Crippen LogP contribution in [-0.4, -0.2) is 23.9 Å². The molecule has 0 aromatic rings. The minimum atomic E-state index is -0.234.